The van der Waals surface area contributed by atoms with Crippen LogP contribution in [-0.2, 0) is 11.3 Å². The van der Waals surface area contributed by atoms with Gasteiger partial charge in [-0.3, -0.25) is 4.79 Å². The van der Waals surface area contributed by atoms with Crippen LogP contribution in [-0.4, -0.2) is 12.5 Å². The Morgan fingerprint density at radius 3 is 2.26 bits per heavy atom. The van der Waals surface area contributed by atoms with Gasteiger partial charge < -0.3 is 10.6 Å². The summed E-state index contributed by atoms with van der Waals surface area (Å²) in [5.74, 6) is -0.110. The summed E-state index contributed by atoms with van der Waals surface area (Å²) in [6.07, 6.45) is 0. The van der Waals surface area contributed by atoms with Gasteiger partial charge in [0, 0.05) is 10.7 Å². The highest BCUT2D eigenvalue weighted by Gasteiger charge is 2.14. The number of anilines is 1. The molecule has 98 valence electrons. The fourth-order valence-electron chi connectivity index (χ4n) is 1.81. The Morgan fingerprint density at radius 2 is 1.68 bits per heavy atom. The van der Waals surface area contributed by atoms with Crippen molar-refractivity contribution in [2.24, 2.45) is 5.73 Å². The maximum absolute atomic E-state index is 12.0. The average molecular weight is 275 g/mol. The van der Waals surface area contributed by atoms with Crippen LogP contribution in [0.25, 0.3) is 0 Å². The van der Waals surface area contributed by atoms with E-state index in [1.807, 2.05) is 54.6 Å². The standard InChI is InChI=1S/C15H15ClN2O/c16-13-8-6-12(7-9-13)11-18(15(19)10-17)14-4-2-1-3-5-14/h1-9H,10-11,17H2. The largest absolute Gasteiger partial charge is 0.322 e. The second-order valence-electron chi connectivity index (χ2n) is 4.15. The number of hydrogen-bond acceptors (Lipinski definition) is 2. The summed E-state index contributed by atoms with van der Waals surface area (Å²) in [6, 6.07) is 16.9. The lowest BCUT2D eigenvalue weighted by Crippen LogP contribution is -2.35. The van der Waals surface area contributed by atoms with Gasteiger partial charge in [-0.1, -0.05) is 41.9 Å². The van der Waals surface area contributed by atoms with Crippen LogP contribution in [0.4, 0.5) is 5.69 Å². The Bertz CT molecular complexity index is 540. The van der Waals surface area contributed by atoms with Gasteiger partial charge >= 0.3 is 0 Å². The number of rotatable bonds is 4. The number of benzene rings is 2. The Balaban J connectivity index is 2.24. The predicted molar refractivity (Wildman–Crippen MR) is 78.1 cm³/mol. The lowest BCUT2D eigenvalue weighted by atomic mass is 10.2. The summed E-state index contributed by atoms with van der Waals surface area (Å²) in [5.41, 5.74) is 7.33. The third kappa shape index (κ3) is 3.56. The first-order chi connectivity index (χ1) is 9.20. The van der Waals surface area contributed by atoms with Crippen molar-refractivity contribution in [1.82, 2.24) is 0 Å². The van der Waals surface area contributed by atoms with Crippen molar-refractivity contribution in [3.63, 3.8) is 0 Å². The van der Waals surface area contributed by atoms with E-state index in [9.17, 15) is 4.79 Å². The first-order valence-corrected chi connectivity index (χ1v) is 6.38. The van der Waals surface area contributed by atoms with Gasteiger partial charge in [0.2, 0.25) is 5.91 Å². The van der Waals surface area contributed by atoms with Crippen LogP contribution in [0.5, 0.6) is 0 Å². The Hall–Kier alpha value is -1.84. The van der Waals surface area contributed by atoms with Crippen LogP contribution in [0.2, 0.25) is 5.02 Å². The lowest BCUT2D eigenvalue weighted by Gasteiger charge is -2.22. The van der Waals surface area contributed by atoms with Gasteiger partial charge in [-0.25, -0.2) is 0 Å². The topological polar surface area (TPSA) is 46.3 Å². The number of nitrogens with zero attached hydrogens (tertiary/aromatic N) is 1. The maximum Gasteiger partial charge on any atom is 0.241 e. The zero-order valence-corrected chi connectivity index (χ0v) is 11.2. The quantitative estimate of drug-likeness (QED) is 0.932. The lowest BCUT2D eigenvalue weighted by molar-refractivity contribution is -0.117. The predicted octanol–water partition coefficient (Wildman–Crippen LogP) is 2.83. The van der Waals surface area contributed by atoms with Crippen LogP contribution in [0.1, 0.15) is 5.56 Å². The molecule has 0 unspecified atom stereocenters. The van der Waals surface area contributed by atoms with Gasteiger partial charge in [-0.05, 0) is 29.8 Å². The SMILES string of the molecule is NCC(=O)N(Cc1ccc(Cl)cc1)c1ccccc1. The fraction of sp³-hybridized carbons (Fsp3) is 0.133. The van der Waals surface area contributed by atoms with Crippen LogP contribution in [0.3, 0.4) is 0 Å². The highest BCUT2D eigenvalue weighted by Crippen LogP contribution is 2.18. The minimum absolute atomic E-state index is 0.0114. The van der Waals surface area contributed by atoms with Crippen molar-refractivity contribution in [3.8, 4) is 0 Å². The zero-order chi connectivity index (χ0) is 13.7. The Morgan fingerprint density at radius 1 is 1.05 bits per heavy atom. The van der Waals surface area contributed by atoms with Gasteiger partial charge in [0.15, 0.2) is 0 Å². The highest BCUT2D eigenvalue weighted by atomic mass is 35.5. The van der Waals surface area contributed by atoms with Crippen molar-refractivity contribution in [2.45, 2.75) is 6.54 Å². The number of nitrogens with two attached hydrogens (primary N) is 1. The van der Waals surface area contributed by atoms with Crippen molar-refractivity contribution in [2.75, 3.05) is 11.4 Å². The minimum Gasteiger partial charge on any atom is -0.322 e. The summed E-state index contributed by atoms with van der Waals surface area (Å²) in [7, 11) is 0. The molecule has 0 aliphatic heterocycles. The number of hydrogen-bond donors (Lipinski definition) is 1. The first kappa shape index (κ1) is 13.6. The number of carbonyl (C=O) groups excluding carboxylic acids is 1. The van der Waals surface area contributed by atoms with Crippen molar-refractivity contribution >= 4 is 23.2 Å². The van der Waals surface area contributed by atoms with Crippen LogP contribution >= 0.6 is 11.6 Å². The third-order valence-corrected chi connectivity index (χ3v) is 3.05. The van der Waals surface area contributed by atoms with Gasteiger partial charge in [0.25, 0.3) is 0 Å². The number of carbonyl (C=O) groups is 1. The molecule has 0 aromatic heterocycles. The number of amides is 1. The molecular weight excluding hydrogens is 260 g/mol. The second-order valence-corrected chi connectivity index (χ2v) is 4.58. The van der Waals surface area contributed by atoms with E-state index in [1.165, 1.54) is 0 Å². The molecule has 0 aliphatic carbocycles. The van der Waals surface area contributed by atoms with E-state index in [2.05, 4.69) is 0 Å². The molecule has 0 spiro atoms. The second kappa shape index (κ2) is 6.36. The molecule has 4 heteroatoms. The van der Waals surface area contributed by atoms with Gasteiger partial charge in [-0.15, -0.1) is 0 Å². The molecule has 2 rings (SSSR count). The molecule has 0 radical (unpaired) electrons. The van der Waals surface area contributed by atoms with E-state index in [1.54, 1.807) is 4.90 Å². The minimum atomic E-state index is -0.110. The molecule has 0 atom stereocenters. The van der Waals surface area contributed by atoms with Crippen molar-refractivity contribution < 1.29 is 4.79 Å². The van der Waals surface area contributed by atoms with Gasteiger partial charge in [0.05, 0.1) is 13.1 Å². The molecule has 2 aromatic carbocycles. The summed E-state index contributed by atoms with van der Waals surface area (Å²) in [6.45, 7) is 0.472. The van der Waals surface area contributed by atoms with Crippen LogP contribution in [0, 0.1) is 0 Å². The van der Waals surface area contributed by atoms with E-state index in [-0.39, 0.29) is 12.5 Å². The maximum atomic E-state index is 12.0. The van der Waals surface area contributed by atoms with E-state index in [4.69, 9.17) is 17.3 Å². The van der Waals surface area contributed by atoms with Gasteiger partial charge in [-0.2, -0.15) is 0 Å². The summed E-state index contributed by atoms with van der Waals surface area (Å²) < 4.78 is 0. The van der Waals surface area contributed by atoms with Crippen molar-refractivity contribution in [3.05, 3.63) is 65.2 Å². The van der Waals surface area contributed by atoms with E-state index in [0.29, 0.717) is 11.6 Å². The molecule has 0 saturated carbocycles. The Labute approximate surface area is 117 Å². The monoisotopic (exact) mass is 274 g/mol. The van der Waals surface area contributed by atoms with E-state index < -0.39 is 0 Å². The molecule has 0 bridgehead atoms. The summed E-state index contributed by atoms with van der Waals surface area (Å²) in [5, 5.41) is 0.681. The molecule has 3 nitrogen and oxygen atoms in total. The van der Waals surface area contributed by atoms with Crippen LogP contribution < -0.4 is 10.6 Å². The van der Waals surface area contributed by atoms with Crippen molar-refractivity contribution in [1.29, 1.82) is 0 Å². The van der Waals surface area contributed by atoms with E-state index in [0.717, 1.165) is 11.3 Å². The van der Waals surface area contributed by atoms with E-state index >= 15 is 0 Å². The van der Waals surface area contributed by atoms with Gasteiger partial charge in [0.1, 0.15) is 0 Å². The fourth-order valence-corrected chi connectivity index (χ4v) is 1.94. The molecule has 19 heavy (non-hydrogen) atoms. The molecule has 1 amide bonds. The molecule has 0 heterocycles. The Kier molecular flexibility index (Phi) is 4.55. The summed E-state index contributed by atoms with van der Waals surface area (Å²) in [4.78, 5) is 13.6. The molecule has 0 aliphatic rings. The molecular formula is C15H15ClN2O. The smallest absolute Gasteiger partial charge is 0.241 e. The molecule has 0 saturated heterocycles. The molecule has 2 aromatic rings. The first-order valence-electron chi connectivity index (χ1n) is 6.00. The highest BCUT2D eigenvalue weighted by molar-refractivity contribution is 6.30. The number of halogens is 1. The number of para-hydroxylation sites is 1. The van der Waals surface area contributed by atoms with Crippen LogP contribution in [0.15, 0.2) is 54.6 Å². The summed E-state index contributed by atoms with van der Waals surface area (Å²) >= 11 is 5.85. The average Bonchev–Trinajstić information content (AvgIpc) is 2.47. The third-order valence-electron chi connectivity index (χ3n) is 2.80. The molecule has 0 fully saturated rings. The zero-order valence-electron chi connectivity index (χ0n) is 10.4. The molecule has 2 N–H and O–H groups in total. The normalized spacial score (nSPS) is 10.2.